The second-order valence-corrected chi connectivity index (χ2v) is 1.47. The second kappa shape index (κ2) is 2.14. The van der Waals surface area contributed by atoms with Crippen molar-refractivity contribution in [3.63, 3.8) is 0 Å². The first kappa shape index (κ1) is 6.22. The van der Waals surface area contributed by atoms with Gasteiger partial charge in [-0.25, -0.2) is 4.85 Å². The molecular formula is C4H2N4O2. The predicted octanol–water partition coefficient (Wildman–Crippen LogP) is 0.869. The molecule has 0 aliphatic heterocycles. The smallest absolute Gasteiger partial charge is 0.349 e. The van der Waals surface area contributed by atoms with Gasteiger partial charge in [0.1, 0.15) is 0 Å². The van der Waals surface area contributed by atoms with Crippen LogP contribution in [0.15, 0.2) is 6.20 Å². The summed E-state index contributed by atoms with van der Waals surface area (Å²) in [5.74, 6) is -0.352. The van der Waals surface area contributed by atoms with Crippen molar-refractivity contribution >= 4 is 11.5 Å². The third-order valence-electron chi connectivity index (χ3n) is 0.903. The molecule has 10 heavy (non-hydrogen) atoms. The molecule has 1 rings (SSSR count). The lowest BCUT2D eigenvalue weighted by Crippen LogP contribution is -1.86. The van der Waals surface area contributed by atoms with Gasteiger partial charge in [-0.05, 0) is 4.92 Å². The standard InChI is InChI=1S/C4H2N4O2/c1-5-3-2-6-7-4(3)8(9)10/h2H,(H,6,7). The first-order chi connectivity index (χ1) is 4.75. The Morgan fingerprint density at radius 1 is 1.90 bits per heavy atom. The molecule has 0 atom stereocenters. The van der Waals surface area contributed by atoms with Crippen LogP contribution in [0.1, 0.15) is 0 Å². The van der Waals surface area contributed by atoms with E-state index in [0.29, 0.717) is 0 Å². The van der Waals surface area contributed by atoms with E-state index in [4.69, 9.17) is 6.57 Å². The number of hydrogen-bond donors (Lipinski definition) is 1. The number of H-pyrrole nitrogens is 1. The van der Waals surface area contributed by atoms with E-state index in [-0.39, 0.29) is 11.5 Å². The van der Waals surface area contributed by atoms with Crippen molar-refractivity contribution in [3.8, 4) is 0 Å². The maximum absolute atomic E-state index is 10.0. The normalized spacial score (nSPS) is 8.70. The number of hydrogen-bond acceptors (Lipinski definition) is 3. The molecule has 6 heteroatoms. The zero-order chi connectivity index (χ0) is 7.56. The number of nitro groups is 1. The molecule has 0 aromatic carbocycles. The monoisotopic (exact) mass is 138 g/mol. The van der Waals surface area contributed by atoms with Gasteiger partial charge in [0, 0.05) is 0 Å². The molecule has 1 N–H and O–H groups in total. The Balaban J connectivity index is 3.17. The van der Waals surface area contributed by atoms with Gasteiger partial charge in [0.15, 0.2) is 0 Å². The van der Waals surface area contributed by atoms with Crippen molar-refractivity contribution in [2.45, 2.75) is 0 Å². The van der Waals surface area contributed by atoms with Gasteiger partial charge in [0.2, 0.25) is 0 Å². The predicted molar refractivity (Wildman–Crippen MR) is 31.5 cm³/mol. The summed E-state index contributed by atoms with van der Waals surface area (Å²) >= 11 is 0. The van der Waals surface area contributed by atoms with E-state index in [0.717, 1.165) is 6.20 Å². The van der Waals surface area contributed by atoms with Gasteiger partial charge in [-0.3, -0.25) is 0 Å². The molecule has 50 valence electrons. The van der Waals surface area contributed by atoms with Gasteiger partial charge in [-0.2, -0.15) is 5.10 Å². The van der Waals surface area contributed by atoms with E-state index in [1.165, 1.54) is 0 Å². The first-order valence-electron chi connectivity index (χ1n) is 2.31. The SMILES string of the molecule is [C-]#[N+]c1cn[nH]c1[N+](=O)[O-]. The van der Waals surface area contributed by atoms with Crippen LogP contribution in [0.5, 0.6) is 0 Å². The molecule has 0 bridgehead atoms. The fraction of sp³-hybridized carbons (Fsp3) is 0. The molecule has 1 heterocycles. The van der Waals surface area contributed by atoms with Crippen LogP contribution in [0, 0.1) is 16.7 Å². The molecule has 1 aromatic rings. The Bertz CT molecular complexity index is 296. The largest absolute Gasteiger partial charge is 0.359 e. The van der Waals surface area contributed by atoms with Crippen LogP contribution in [0.25, 0.3) is 4.85 Å². The molecule has 1 aromatic heterocycles. The van der Waals surface area contributed by atoms with Crippen LogP contribution < -0.4 is 0 Å². The van der Waals surface area contributed by atoms with E-state index in [9.17, 15) is 10.1 Å². The molecule has 0 unspecified atom stereocenters. The van der Waals surface area contributed by atoms with Gasteiger partial charge in [0.25, 0.3) is 0 Å². The molecule has 0 fully saturated rings. The number of rotatable bonds is 1. The van der Waals surface area contributed by atoms with E-state index < -0.39 is 4.92 Å². The summed E-state index contributed by atoms with van der Waals surface area (Å²) < 4.78 is 0. The van der Waals surface area contributed by atoms with Crippen molar-refractivity contribution in [1.29, 1.82) is 0 Å². The lowest BCUT2D eigenvalue weighted by Gasteiger charge is -1.86. The van der Waals surface area contributed by atoms with Crippen LogP contribution in [-0.2, 0) is 0 Å². The third-order valence-corrected chi connectivity index (χ3v) is 0.903. The third kappa shape index (κ3) is 0.798. The van der Waals surface area contributed by atoms with Crippen molar-refractivity contribution in [2.24, 2.45) is 0 Å². The van der Waals surface area contributed by atoms with Crippen molar-refractivity contribution in [3.05, 3.63) is 27.7 Å². The Labute approximate surface area is 55.4 Å². The average molecular weight is 138 g/mol. The topological polar surface area (TPSA) is 76.2 Å². The summed E-state index contributed by atoms with van der Waals surface area (Å²) in [5, 5.41) is 15.5. The fourth-order valence-corrected chi connectivity index (χ4v) is 0.489. The maximum atomic E-state index is 10.0. The zero-order valence-corrected chi connectivity index (χ0v) is 4.74. The molecular weight excluding hydrogens is 136 g/mol. The summed E-state index contributed by atoms with van der Waals surface area (Å²) in [5.41, 5.74) is -0.0648. The van der Waals surface area contributed by atoms with E-state index in [1.54, 1.807) is 0 Å². The van der Waals surface area contributed by atoms with Crippen LogP contribution >= 0.6 is 0 Å². The van der Waals surface area contributed by atoms with E-state index in [2.05, 4.69) is 15.0 Å². The molecule has 0 aliphatic rings. The van der Waals surface area contributed by atoms with Gasteiger partial charge in [0.05, 0.1) is 12.8 Å². The van der Waals surface area contributed by atoms with Crippen molar-refractivity contribution in [2.75, 3.05) is 0 Å². The highest BCUT2D eigenvalue weighted by Gasteiger charge is 2.13. The summed E-state index contributed by atoms with van der Waals surface area (Å²) in [6.07, 6.45) is 1.12. The minimum absolute atomic E-state index is 0.0648. The Morgan fingerprint density at radius 2 is 2.60 bits per heavy atom. The summed E-state index contributed by atoms with van der Waals surface area (Å²) in [6.45, 7) is 6.46. The molecule has 0 aliphatic carbocycles. The highest BCUT2D eigenvalue weighted by atomic mass is 16.6. The van der Waals surface area contributed by atoms with Crippen LogP contribution in [0.3, 0.4) is 0 Å². The van der Waals surface area contributed by atoms with Crippen LogP contribution in [-0.4, -0.2) is 15.1 Å². The van der Waals surface area contributed by atoms with E-state index >= 15 is 0 Å². The Hall–Kier alpha value is -1.90. The van der Waals surface area contributed by atoms with Crippen LogP contribution in [0.4, 0.5) is 11.5 Å². The Kier molecular flexibility index (Phi) is 1.33. The lowest BCUT2D eigenvalue weighted by molar-refractivity contribution is -0.388. The van der Waals surface area contributed by atoms with Gasteiger partial charge >= 0.3 is 11.5 Å². The van der Waals surface area contributed by atoms with Gasteiger partial charge < -0.3 is 10.1 Å². The summed E-state index contributed by atoms with van der Waals surface area (Å²) in [6, 6.07) is 0. The summed E-state index contributed by atoms with van der Waals surface area (Å²) in [7, 11) is 0. The zero-order valence-electron chi connectivity index (χ0n) is 4.74. The molecule has 0 radical (unpaired) electrons. The highest BCUT2D eigenvalue weighted by molar-refractivity contribution is 5.56. The van der Waals surface area contributed by atoms with Crippen molar-refractivity contribution < 1.29 is 4.92 Å². The van der Waals surface area contributed by atoms with Crippen molar-refractivity contribution in [1.82, 2.24) is 10.2 Å². The molecule has 0 saturated carbocycles. The van der Waals surface area contributed by atoms with Gasteiger partial charge in [-0.1, -0.05) is 0 Å². The number of nitrogens with zero attached hydrogens (tertiary/aromatic N) is 3. The average Bonchev–Trinajstić information content (AvgIpc) is 2.33. The Morgan fingerprint density at radius 3 is 3.00 bits per heavy atom. The number of aromatic amines is 1. The fourth-order valence-electron chi connectivity index (χ4n) is 0.489. The number of aromatic nitrogens is 2. The molecule has 6 nitrogen and oxygen atoms in total. The lowest BCUT2D eigenvalue weighted by atomic mass is 10.5. The van der Waals surface area contributed by atoms with Gasteiger partial charge in [-0.15, -0.1) is 5.10 Å². The molecule has 0 spiro atoms. The first-order valence-corrected chi connectivity index (χ1v) is 2.31. The minimum Gasteiger partial charge on any atom is -0.359 e. The quantitative estimate of drug-likeness (QED) is 0.355. The highest BCUT2D eigenvalue weighted by Crippen LogP contribution is 2.22. The second-order valence-electron chi connectivity index (χ2n) is 1.47. The molecule has 0 saturated heterocycles. The maximum Gasteiger partial charge on any atom is 0.349 e. The minimum atomic E-state index is -0.680. The molecule has 0 amide bonds. The van der Waals surface area contributed by atoms with E-state index in [1.807, 2.05) is 0 Å². The number of nitrogens with one attached hydrogen (secondary N) is 1. The summed E-state index contributed by atoms with van der Waals surface area (Å²) in [4.78, 5) is 12.2. The van der Waals surface area contributed by atoms with Crippen LogP contribution in [0.2, 0.25) is 0 Å².